The van der Waals surface area contributed by atoms with Gasteiger partial charge in [0.1, 0.15) is 0 Å². The van der Waals surface area contributed by atoms with Crippen LogP contribution >= 0.6 is 15.9 Å². The van der Waals surface area contributed by atoms with E-state index in [4.69, 9.17) is 0 Å². The van der Waals surface area contributed by atoms with E-state index in [1.807, 2.05) is 0 Å². The summed E-state index contributed by atoms with van der Waals surface area (Å²) in [6, 6.07) is 5.96. The van der Waals surface area contributed by atoms with E-state index < -0.39 is 11.7 Å². The molecule has 6 heteroatoms. The van der Waals surface area contributed by atoms with Gasteiger partial charge in [0, 0.05) is 16.2 Å². The maximum Gasteiger partial charge on any atom is 0.416 e. The topological polar surface area (TPSA) is 35.8 Å². The summed E-state index contributed by atoms with van der Waals surface area (Å²) in [6.07, 6.45) is 0.306. The van der Waals surface area contributed by atoms with Gasteiger partial charge in [0.25, 0.3) is 0 Å². The van der Waals surface area contributed by atoms with Crippen LogP contribution in [0.2, 0.25) is 0 Å². The number of nitrogens with one attached hydrogen (secondary N) is 1. The van der Waals surface area contributed by atoms with Crippen LogP contribution in [-0.2, 0) is 6.18 Å². The maximum absolute atomic E-state index is 12.8. The monoisotopic (exact) mass is 360 g/mol. The van der Waals surface area contributed by atoms with Gasteiger partial charge in [-0.15, -0.1) is 0 Å². The van der Waals surface area contributed by atoms with Gasteiger partial charge in [-0.25, -0.2) is 0 Å². The predicted molar refractivity (Wildman–Crippen MR) is 78.7 cm³/mol. The molecule has 0 aliphatic heterocycles. The van der Waals surface area contributed by atoms with Crippen molar-refractivity contribution in [2.45, 2.75) is 44.3 Å². The van der Waals surface area contributed by atoms with Gasteiger partial charge in [-0.05, 0) is 31.0 Å². The summed E-state index contributed by atoms with van der Waals surface area (Å²) in [6.45, 7) is 0. The SMILES string of the molecule is N#CC1CCCCCC1Nc1cc(Br)cc(C(F)(F)F)c1. The van der Waals surface area contributed by atoms with Crippen LogP contribution in [0.15, 0.2) is 22.7 Å². The third-order valence-electron chi connectivity index (χ3n) is 3.76. The van der Waals surface area contributed by atoms with Gasteiger partial charge < -0.3 is 5.32 Å². The smallest absolute Gasteiger partial charge is 0.381 e. The number of nitrogens with zero attached hydrogens (tertiary/aromatic N) is 1. The van der Waals surface area contributed by atoms with Gasteiger partial charge in [-0.1, -0.05) is 35.2 Å². The summed E-state index contributed by atoms with van der Waals surface area (Å²) in [5.74, 6) is -0.152. The van der Waals surface area contributed by atoms with Gasteiger partial charge in [0.15, 0.2) is 0 Å². The third kappa shape index (κ3) is 4.37. The van der Waals surface area contributed by atoms with E-state index in [-0.39, 0.29) is 12.0 Å². The van der Waals surface area contributed by atoms with Gasteiger partial charge >= 0.3 is 6.18 Å². The number of nitriles is 1. The van der Waals surface area contributed by atoms with Crippen LogP contribution in [0.3, 0.4) is 0 Å². The van der Waals surface area contributed by atoms with Crippen LogP contribution < -0.4 is 5.32 Å². The zero-order valence-corrected chi connectivity index (χ0v) is 13.0. The van der Waals surface area contributed by atoms with Gasteiger partial charge in [-0.3, -0.25) is 0 Å². The quantitative estimate of drug-likeness (QED) is 0.721. The first-order valence-corrected chi connectivity index (χ1v) is 7.73. The van der Waals surface area contributed by atoms with E-state index >= 15 is 0 Å². The summed E-state index contributed by atoms with van der Waals surface area (Å²) in [7, 11) is 0. The van der Waals surface area contributed by atoms with Gasteiger partial charge in [-0.2, -0.15) is 18.4 Å². The van der Waals surface area contributed by atoms with E-state index in [0.29, 0.717) is 10.2 Å². The minimum Gasteiger partial charge on any atom is -0.381 e. The summed E-state index contributed by atoms with van der Waals surface area (Å²) in [5, 5.41) is 12.3. The summed E-state index contributed by atoms with van der Waals surface area (Å²) in [5.41, 5.74) is -0.287. The first-order chi connectivity index (χ1) is 9.90. The first kappa shape index (κ1) is 16.2. The number of rotatable bonds is 2. The molecule has 1 saturated carbocycles. The molecule has 1 aromatic carbocycles. The molecule has 114 valence electrons. The fourth-order valence-electron chi connectivity index (χ4n) is 2.69. The Morgan fingerprint density at radius 1 is 1.14 bits per heavy atom. The molecule has 2 unspecified atom stereocenters. The molecular weight excluding hydrogens is 345 g/mol. The van der Waals surface area contributed by atoms with Crippen molar-refractivity contribution < 1.29 is 13.2 Å². The average molecular weight is 361 g/mol. The number of anilines is 1. The molecule has 0 heterocycles. The number of halogens is 4. The van der Waals surface area contributed by atoms with Crippen LogP contribution in [0.1, 0.15) is 37.7 Å². The largest absolute Gasteiger partial charge is 0.416 e. The van der Waals surface area contributed by atoms with Crippen molar-refractivity contribution in [3.05, 3.63) is 28.2 Å². The zero-order chi connectivity index (χ0) is 15.5. The normalized spacial score (nSPS) is 23.2. The molecule has 0 radical (unpaired) electrons. The zero-order valence-electron chi connectivity index (χ0n) is 11.4. The number of benzene rings is 1. The summed E-state index contributed by atoms with van der Waals surface area (Å²) >= 11 is 3.11. The first-order valence-electron chi connectivity index (χ1n) is 6.94. The van der Waals surface area contributed by atoms with E-state index in [0.717, 1.165) is 44.2 Å². The lowest BCUT2D eigenvalue weighted by molar-refractivity contribution is -0.137. The van der Waals surface area contributed by atoms with Crippen molar-refractivity contribution in [1.29, 1.82) is 5.26 Å². The Bertz CT molecular complexity index is 537. The van der Waals surface area contributed by atoms with Crippen molar-refractivity contribution >= 4 is 21.6 Å². The average Bonchev–Trinajstić information content (AvgIpc) is 2.62. The summed E-state index contributed by atoms with van der Waals surface area (Å²) < 4.78 is 38.9. The second kappa shape index (κ2) is 6.69. The molecule has 0 bridgehead atoms. The van der Waals surface area contributed by atoms with Crippen molar-refractivity contribution in [2.24, 2.45) is 5.92 Å². The molecular formula is C15H16BrF3N2. The Kier molecular flexibility index (Phi) is 5.15. The summed E-state index contributed by atoms with van der Waals surface area (Å²) in [4.78, 5) is 0. The van der Waals surface area contributed by atoms with Crippen molar-refractivity contribution in [1.82, 2.24) is 0 Å². The van der Waals surface area contributed by atoms with Crippen LogP contribution in [0.5, 0.6) is 0 Å². The molecule has 21 heavy (non-hydrogen) atoms. The molecule has 2 atom stereocenters. The number of alkyl halides is 3. The fraction of sp³-hybridized carbons (Fsp3) is 0.533. The second-order valence-corrected chi connectivity index (χ2v) is 6.27. The van der Waals surface area contributed by atoms with E-state index in [2.05, 4.69) is 27.3 Å². The molecule has 1 aliphatic carbocycles. The molecule has 0 saturated heterocycles. The molecule has 1 N–H and O–H groups in total. The minimum atomic E-state index is -4.38. The highest BCUT2D eigenvalue weighted by atomic mass is 79.9. The second-order valence-electron chi connectivity index (χ2n) is 5.35. The molecule has 1 fully saturated rings. The van der Waals surface area contributed by atoms with E-state index in [9.17, 15) is 18.4 Å². The van der Waals surface area contributed by atoms with E-state index in [1.165, 1.54) is 0 Å². The Labute approximate surface area is 130 Å². The van der Waals surface area contributed by atoms with Crippen LogP contribution in [-0.4, -0.2) is 6.04 Å². The maximum atomic E-state index is 12.8. The standard InChI is InChI=1S/C15H16BrF3N2/c16-12-6-11(15(17,18)19)7-13(8-12)21-14-5-3-1-2-4-10(14)9-20/h6-8,10,14,21H,1-5H2. The lowest BCUT2D eigenvalue weighted by Crippen LogP contribution is -2.27. The van der Waals surface area contributed by atoms with Crippen molar-refractivity contribution in [2.75, 3.05) is 5.32 Å². The van der Waals surface area contributed by atoms with Crippen LogP contribution in [0, 0.1) is 17.2 Å². The molecule has 0 amide bonds. The Morgan fingerprint density at radius 2 is 1.86 bits per heavy atom. The number of hydrogen-bond donors (Lipinski definition) is 1. The highest BCUT2D eigenvalue weighted by Crippen LogP contribution is 2.34. The Morgan fingerprint density at radius 3 is 2.52 bits per heavy atom. The highest BCUT2D eigenvalue weighted by Gasteiger charge is 2.31. The molecule has 1 aromatic rings. The van der Waals surface area contributed by atoms with Crippen molar-refractivity contribution in [3.8, 4) is 6.07 Å². The predicted octanol–water partition coefficient (Wildman–Crippen LogP) is 5.35. The van der Waals surface area contributed by atoms with Gasteiger partial charge in [0.2, 0.25) is 0 Å². The Balaban J connectivity index is 2.22. The third-order valence-corrected chi connectivity index (χ3v) is 4.22. The van der Waals surface area contributed by atoms with Crippen LogP contribution in [0.25, 0.3) is 0 Å². The Hall–Kier alpha value is -1.22. The molecule has 2 nitrogen and oxygen atoms in total. The fourth-order valence-corrected chi connectivity index (χ4v) is 3.18. The molecule has 1 aliphatic rings. The van der Waals surface area contributed by atoms with E-state index in [1.54, 1.807) is 6.07 Å². The molecule has 2 rings (SSSR count). The molecule has 0 spiro atoms. The lowest BCUT2D eigenvalue weighted by atomic mass is 9.96. The van der Waals surface area contributed by atoms with Gasteiger partial charge in [0.05, 0.1) is 17.6 Å². The highest BCUT2D eigenvalue weighted by molar-refractivity contribution is 9.10. The van der Waals surface area contributed by atoms with Crippen LogP contribution in [0.4, 0.5) is 18.9 Å². The lowest BCUT2D eigenvalue weighted by Gasteiger charge is -2.23. The number of hydrogen-bond acceptors (Lipinski definition) is 2. The van der Waals surface area contributed by atoms with Crippen molar-refractivity contribution in [3.63, 3.8) is 0 Å². The molecule has 0 aromatic heterocycles. The minimum absolute atomic E-state index is 0.0899.